The summed E-state index contributed by atoms with van der Waals surface area (Å²) < 4.78 is 68.5. The standard InChI is InChI=1S/C21H18BClF3N5O2S/c22-15-12-28-31-19(11-17(30-20(15)31)13-5-1-3-7-16(13)23)27-9-10-29-34(32,33)18-8-4-2-6-14(18)21(24,25)26/h1-8,11-12,27,29H,9-10,22H2. The van der Waals surface area contributed by atoms with Gasteiger partial charge in [0.2, 0.25) is 10.0 Å². The van der Waals surface area contributed by atoms with Gasteiger partial charge in [-0.2, -0.15) is 22.8 Å². The van der Waals surface area contributed by atoms with Crippen molar-refractivity contribution in [3.63, 3.8) is 0 Å². The number of benzene rings is 2. The number of rotatable bonds is 7. The molecular formula is C21H18BClF3N5O2S. The molecule has 0 aliphatic rings. The number of sulfonamides is 1. The normalized spacial score (nSPS) is 12.2. The number of alkyl halides is 3. The van der Waals surface area contributed by atoms with Gasteiger partial charge in [0, 0.05) is 35.9 Å². The van der Waals surface area contributed by atoms with Crippen molar-refractivity contribution in [3.05, 3.63) is 71.4 Å². The second-order valence-corrected chi connectivity index (χ2v) is 9.53. The summed E-state index contributed by atoms with van der Waals surface area (Å²) in [4.78, 5) is 3.80. The molecule has 4 rings (SSSR count). The van der Waals surface area contributed by atoms with E-state index in [0.29, 0.717) is 27.7 Å². The first kappa shape index (κ1) is 24.1. The zero-order valence-corrected chi connectivity index (χ0v) is 19.3. The Morgan fingerprint density at radius 3 is 2.50 bits per heavy atom. The van der Waals surface area contributed by atoms with Crippen molar-refractivity contribution in [2.45, 2.75) is 11.1 Å². The molecule has 0 unspecified atom stereocenters. The molecule has 0 saturated heterocycles. The van der Waals surface area contributed by atoms with Gasteiger partial charge in [-0.05, 0) is 23.7 Å². The first-order valence-electron chi connectivity index (χ1n) is 10.1. The summed E-state index contributed by atoms with van der Waals surface area (Å²) in [5.41, 5.74) is 1.48. The van der Waals surface area contributed by atoms with Crippen LogP contribution in [0.3, 0.4) is 0 Å². The van der Waals surface area contributed by atoms with Crippen molar-refractivity contribution in [2.24, 2.45) is 0 Å². The molecule has 0 atom stereocenters. The van der Waals surface area contributed by atoms with Crippen LogP contribution in [0.15, 0.2) is 65.7 Å². The van der Waals surface area contributed by atoms with Crippen LogP contribution in [0.4, 0.5) is 19.0 Å². The molecule has 4 aromatic rings. The number of hydrogen-bond acceptors (Lipinski definition) is 5. The van der Waals surface area contributed by atoms with Crippen LogP contribution < -0.4 is 15.5 Å². The van der Waals surface area contributed by atoms with Gasteiger partial charge in [-0.25, -0.2) is 18.1 Å². The second-order valence-electron chi connectivity index (χ2n) is 7.39. The van der Waals surface area contributed by atoms with Crippen molar-refractivity contribution in [1.29, 1.82) is 0 Å². The molecule has 7 nitrogen and oxygen atoms in total. The molecule has 34 heavy (non-hydrogen) atoms. The Balaban J connectivity index is 1.54. The minimum absolute atomic E-state index is 0.0768. The predicted molar refractivity (Wildman–Crippen MR) is 127 cm³/mol. The van der Waals surface area contributed by atoms with E-state index >= 15 is 0 Å². The lowest BCUT2D eigenvalue weighted by Gasteiger charge is -2.15. The van der Waals surface area contributed by atoms with Crippen molar-refractivity contribution in [3.8, 4) is 11.3 Å². The highest BCUT2D eigenvalue weighted by molar-refractivity contribution is 7.89. The van der Waals surface area contributed by atoms with Crippen LogP contribution >= 0.6 is 11.6 Å². The molecule has 2 aromatic carbocycles. The van der Waals surface area contributed by atoms with Gasteiger partial charge in [0.05, 0.1) is 16.2 Å². The highest BCUT2D eigenvalue weighted by atomic mass is 35.5. The maximum atomic E-state index is 13.2. The molecule has 0 saturated carbocycles. The minimum atomic E-state index is -4.79. The lowest BCUT2D eigenvalue weighted by atomic mass is 10.0. The van der Waals surface area contributed by atoms with E-state index in [-0.39, 0.29) is 13.1 Å². The molecular weight excluding hydrogens is 490 g/mol. The van der Waals surface area contributed by atoms with E-state index in [1.165, 1.54) is 6.07 Å². The van der Waals surface area contributed by atoms with Crippen LogP contribution in [-0.4, -0.2) is 44.0 Å². The van der Waals surface area contributed by atoms with E-state index in [9.17, 15) is 21.6 Å². The van der Waals surface area contributed by atoms with Gasteiger partial charge < -0.3 is 5.32 Å². The Hall–Kier alpha value is -3.09. The van der Waals surface area contributed by atoms with Gasteiger partial charge in [0.25, 0.3) is 0 Å². The molecule has 2 heterocycles. The third-order valence-corrected chi connectivity index (χ3v) is 6.85. The van der Waals surface area contributed by atoms with Crippen LogP contribution in [0, 0.1) is 0 Å². The number of nitrogens with one attached hydrogen (secondary N) is 2. The quantitative estimate of drug-likeness (QED) is 0.297. The van der Waals surface area contributed by atoms with Crippen LogP contribution in [0.25, 0.3) is 16.9 Å². The van der Waals surface area contributed by atoms with E-state index in [4.69, 9.17) is 11.6 Å². The number of fused-ring (bicyclic) bond motifs is 1. The highest BCUT2D eigenvalue weighted by Gasteiger charge is 2.36. The third kappa shape index (κ3) is 4.89. The Kier molecular flexibility index (Phi) is 6.56. The molecule has 0 aliphatic heterocycles. The number of halogens is 4. The minimum Gasteiger partial charge on any atom is -0.369 e. The molecule has 176 valence electrons. The lowest BCUT2D eigenvalue weighted by molar-refractivity contribution is -0.139. The Bertz CT molecular complexity index is 1460. The summed E-state index contributed by atoms with van der Waals surface area (Å²) in [6.07, 6.45) is -3.15. The molecule has 2 N–H and O–H groups in total. The maximum absolute atomic E-state index is 13.2. The van der Waals surface area contributed by atoms with Crippen molar-refractivity contribution in [2.75, 3.05) is 18.4 Å². The van der Waals surface area contributed by atoms with Gasteiger partial charge in [-0.15, -0.1) is 0 Å². The highest BCUT2D eigenvalue weighted by Crippen LogP contribution is 2.34. The summed E-state index contributed by atoms with van der Waals surface area (Å²) in [5.74, 6) is 0.517. The maximum Gasteiger partial charge on any atom is 0.417 e. The molecule has 0 fully saturated rings. The second kappa shape index (κ2) is 9.28. The smallest absolute Gasteiger partial charge is 0.369 e. The number of hydrogen-bond donors (Lipinski definition) is 2. The summed E-state index contributed by atoms with van der Waals surface area (Å²) in [6.45, 7) is -0.0899. The molecule has 0 bridgehead atoms. The van der Waals surface area contributed by atoms with E-state index < -0.39 is 26.7 Å². The van der Waals surface area contributed by atoms with Crippen molar-refractivity contribution in [1.82, 2.24) is 19.3 Å². The van der Waals surface area contributed by atoms with Gasteiger partial charge in [0.1, 0.15) is 13.7 Å². The third-order valence-electron chi connectivity index (χ3n) is 5.00. The summed E-state index contributed by atoms with van der Waals surface area (Å²) in [5, 5.41) is 7.86. The van der Waals surface area contributed by atoms with E-state index in [0.717, 1.165) is 23.7 Å². The number of nitrogens with zero attached hydrogens (tertiary/aromatic N) is 3. The Labute approximate surface area is 199 Å². The Morgan fingerprint density at radius 2 is 1.76 bits per heavy atom. The Morgan fingerprint density at radius 1 is 1.06 bits per heavy atom. The lowest BCUT2D eigenvalue weighted by Crippen LogP contribution is -2.30. The number of anilines is 1. The average molecular weight is 508 g/mol. The fourth-order valence-corrected chi connectivity index (χ4v) is 4.88. The van der Waals surface area contributed by atoms with E-state index in [1.807, 2.05) is 20.0 Å². The molecule has 0 aliphatic carbocycles. The predicted octanol–water partition coefficient (Wildman–Crippen LogP) is 2.72. The molecule has 2 aromatic heterocycles. The molecule has 0 radical (unpaired) electrons. The SMILES string of the molecule is Bc1cnn2c(NCCNS(=O)(=O)c3ccccc3C(F)(F)F)cc(-c3ccccc3Cl)nc12. The summed E-state index contributed by atoms with van der Waals surface area (Å²) in [7, 11) is -2.54. The largest absolute Gasteiger partial charge is 0.417 e. The van der Waals surface area contributed by atoms with Gasteiger partial charge >= 0.3 is 6.18 Å². The fraction of sp³-hybridized carbons (Fsp3) is 0.143. The molecule has 13 heteroatoms. The van der Waals surface area contributed by atoms with Gasteiger partial charge in [-0.3, -0.25) is 0 Å². The van der Waals surface area contributed by atoms with Gasteiger partial charge in [-0.1, -0.05) is 41.9 Å². The monoisotopic (exact) mass is 507 g/mol. The van der Waals surface area contributed by atoms with Crippen molar-refractivity contribution >= 4 is 46.4 Å². The topological polar surface area (TPSA) is 88.4 Å². The van der Waals surface area contributed by atoms with Crippen LogP contribution in [0.5, 0.6) is 0 Å². The van der Waals surface area contributed by atoms with Gasteiger partial charge in [0.15, 0.2) is 5.65 Å². The van der Waals surface area contributed by atoms with Crippen LogP contribution in [-0.2, 0) is 16.2 Å². The van der Waals surface area contributed by atoms with Crippen LogP contribution in [0.1, 0.15) is 5.56 Å². The van der Waals surface area contributed by atoms with E-state index in [1.54, 1.807) is 28.9 Å². The van der Waals surface area contributed by atoms with Crippen molar-refractivity contribution < 1.29 is 21.6 Å². The zero-order valence-electron chi connectivity index (χ0n) is 17.8. The molecule has 0 spiro atoms. The summed E-state index contributed by atoms with van der Waals surface area (Å²) >= 11 is 6.32. The first-order chi connectivity index (χ1) is 16.1. The van der Waals surface area contributed by atoms with Crippen LogP contribution in [0.2, 0.25) is 5.02 Å². The first-order valence-corrected chi connectivity index (χ1v) is 11.9. The fourth-order valence-electron chi connectivity index (χ4n) is 3.39. The average Bonchev–Trinajstić information content (AvgIpc) is 3.17. The van der Waals surface area contributed by atoms with E-state index in [2.05, 4.69) is 20.1 Å². The molecule has 0 amide bonds. The summed E-state index contributed by atoms with van der Waals surface area (Å²) in [6, 6.07) is 13.0. The zero-order chi connectivity index (χ0) is 24.5. The number of aromatic nitrogens is 3.